The van der Waals surface area contributed by atoms with Gasteiger partial charge in [-0.05, 0) is 42.6 Å². The number of phenolic OH excluding ortho intramolecular Hbond substituents is 2. The smallest absolute Gasteiger partial charge is 0.256 e. The van der Waals surface area contributed by atoms with Crippen molar-refractivity contribution in [3.63, 3.8) is 0 Å². The first-order valence-electron chi connectivity index (χ1n) is 3.67. The molecule has 0 heterocycles. The van der Waals surface area contributed by atoms with Crippen LogP contribution in [0.4, 0.5) is 0 Å². The van der Waals surface area contributed by atoms with Gasteiger partial charge in [0.25, 0.3) is 5.24 Å². The van der Waals surface area contributed by atoms with Gasteiger partial charge in [0.05, 0.1) is 5.56 Å². The van der Waals surface area contributed by atoms with E-state index in [0.29, 0.717) is 11.1 Å². The quantitative estimate of drug-likeness (QED) is 0.539. The summed E-state index contributed by atoms with van der Waals surface area (Å²) >= 11 is 5.19. The number of rotatable bonds is 1. The molecule has 4 heteroatoms. The first-order chi connectivity index (χ1) is 5.95. The van der Waals surface area contributed by atoms with E-state index >= 15 is 0 Å². The van der Waals surface area contributed by atoms with E-state index in [0.717, 1.165) is 6.07 Å². The number of carbonyl (C=O) groups excluding carboxylic acids is 1. The average Bonchev–Trinajstić information content (AvgIpc) is 2.07. The summed E-state index contributed by atoms with van der Waals surface area (Å²) in [6, 6.07) is 1.16. The van der Waals surface area contributed by atoms with Crippen LogP contribution in [0.5, 0.6) is 11.5 Å². The van der Waals surface area contributed by atoms with Crippen molar-refractivity contribution in [3.8, 4) is 11.5 Å². The molecule has 0 radical (unpaired) electrons. The molecule has 0 fully saturated rings. The molecule has 0 bridgehead atoms. The second-order valence-electron chi connectivity index (χ2n) is 2.82. The summed E-state index contributed by atoms with van der Waals surface area (Å²) in [5.41, 5.74) is 0.936. The zero-order valence-corrected chi connectivity index (χ0v) is 8.01. The minimum atomic E-state index is -0.782. The van der Waals surface area contributed by atoms with Crippen LogP contribution >= 0.6 is 11.6 Å². The first kappa shape index (κ1) is 9.86. The van der Waals surface area contributed by atoms with Crippen LogP contribution in [-0.4, -0.2) is 15.5 Å². The second kappa shape index (κ2) is 3.26. The van der Waals surface area contributed by atoms with Gasteiger partial charge in [0.15, 0.2) is 0 Å². The minimum Gasteiger partial charge on any atom is -0.508 e. The largest absolute Gasteiger partial charge is 0.508 e. The van der Waals surface area contributed by atoms with Crippen molar-refractivity contribution in [2.75, 3.05) is 0 Å². The van der Waals surface area contributed by atoms with Crippen LogP contribution in [-0.2, 0) is 0 Å². The third-order valence-electron chi connectivity index (χ3n) is 2.05. The number of halogens is 1. The summed E-state index contributed by atoms with van der Waals surface area (Å²) in [4.78, 5) is 10.8. The topological polar surface area (TPSA) is 57.5 Å². The van der Waals surface area contributed by atoms with Crippen molar-refractivity contribution in [2.45, 2.75) is 13.8 Å². The Kier molecular flexibility index (Phi) is 2.48. The van der Waals surface area contributed by atoms with Gasteiger partial charge in [-0.1, -0.05) is 0 Å². The molecule has 3 nitrogen and oxygen atoms in total. The van der Waals surface area contributed by atoms with E-state index in [2.05, 4.69) is 0 Å². The molecule has 1 aromatic rings. The molecule has 0 aliphatic heterocycles. The van der Waals surface area contributed by atoms with Crippen LogP contribution < -0.4 is 0 Å². The highest BCUT2D eigenvalue weighted by atomic mass is 35.5. The van der Waals surface area contributed by atoms with Crippen molar-refractivity contribution in [2.24, 2.45) is 0 Å². The minimum absolute atomic E-state index is 0.0423. The van der Waals surface area contributed by atoms with Gasteiger partial charge in [-0.2, -0.15) is 0 Å². The van der Waals surface area contributed by atoms with Gasteiger partial charge in [0.2, 0.25) is 0 Å². The predicted octanol–water partition coefficient (Wildman–Crippen LogP) is 2.09. The van der Waals surface area contributed by atoms with Crippen LogP contribution in [0.15, 0.2) is 6.07 Å². The molecule has 0 amide bonds. The van der Waals surface area contributed by atoms with Gasteiger partial charge < -0.3 is 10.2 Å². The fourth-order valence-corrected chi connectivity index (χ4v) is 1.18. The number of benzene rings is 1. The van der Waals surface area contributed by atoms with Gasteiger partial charge >= 0.3 is 0 Å². The summed E-state index contributed by atoms with van der Waals surface area (Å²) in [5, 5.41) is 18.0. The summed E-state index contributed by atoms with van der Waals surface area (Å²) in [6.07, 6.45) is 0. The third kappa shape index (κ3) is 1.60. The Morgan fingerprint density at radius 1 is 1.31 bits per heavy atom. The van der Waals surface area contributed by atoms with E-state index in [1.54, 1.807) is 13.8 Å². The molecule has 0 atom stereocenters. The second-order valence-corrected chi connectivity index (χ2v) is 3.16. The van der Waals surface area contributed by atoms with E-state index in [4.69, 9.17) is 11.6 Å². The molecule has 2 N–H and O–H groups in total. The maximum absolute atomic E-state index is 10.8. The normalized spacial score (nSPS) is 10.1. The molecule has 1 rings (SSSR count). The number of hydrogen-bond donors (Lipinski definition) is 2. The highest BCUT2D eigenvalue weighted by Crippen LogP contribution is 2.32. The van der Waals surface area contributed by atoms with Crippen LogP contribution in [0.2, 0.25) is 0 Å². The van der Waals surface area contributed by atoms with Gasteiger partial charge in [0, 0.05) is 0 Å². The zero-order valence-electron chi connectivity index (χ0n) is 7.26. The van der Waals surface area contributed by atoms with Crippen LogP contribution in [0.1, 0.15) is 21.5 Å². The van der Waals surface area contributed by atoms with E-state index < -0.39 is 5.24 Å². The molecule has 1 aromatic carbocycles. The third-order valence-corrected chi connectivity index (χ3v) is 2.25. The number of carbonyl (C=O) groups is 1. The lowest BCUT2D eigenvalue weighted by molar-refractivity contribution is 0.107. The molecule has 0 saturated heterocycles. The van der Waals surface area contributed by atoms with Gasteiger partial charge in [0.1, 0.15) is 11.5 Å². The Morgan fingerprint density at radius 2 is 1.85 bits per heavy atom. The molecule has 13 heavy (non-hydrogen) atoms. The summed E-state index contributed by atoms with van der Waals surface area (Å²) < 4.78 is 0. The average molecular weight is 201 g/mol. The Hall–Kier alpha value is -1.22. The van der Waals surface area contributed by atoms with Gasteiger partial charge in [-0.15, -0.1) is 0 Å². The zero-order chi connectivity index (χ0) is 10.2. The molecular formula is C9H9ClO3. The van der Waals surface area contributed by atoms with Crippen molar-refractivity contribution in [1.29, 1.82) is 0 Å². The van der Waals surface area contributed by atoms with E-state index in [1.165, 1.54) is 0 Å². The lowest BCUT2D eigenvalue weighted by Gasteiger charge is -2.08. The molecule has 0 aliphatic rings. The van der Waals surface area contributed by atoms with Crippen molar-refractivity contribution in [3.05, 3.63) is 22.8 Å². The Bertz CT molecular complexity index is 372. The lowest BCUT2D eigenvalue weighted by Crippen LogP contribution is -1.94. The molecule has 0 aromatic heterocycles. The molecule has 0 spiro atoms. The molecule has 0 saturated carbocycles. The Balaban J connectivity index is 3.50. The van der Waals surface area contributed by atoms with E-state index in [1.807, 2.05) is 0 Å². The fourth-order valence-electron chi connectivity index (χ4n) is 1.03. The summed E-state index contributed by atoms with van der Waals surface area (Å²) in [7, 11) is 0. The lowest BCUT2D eigenvalue weighted by atomic mass is 10.0. The van der Waals surface area contributed by atoms with Gasteiger partial charge in [-0.25, -0.2) is 0 Å². The van der Waals surface area contributed by atoms with Gasteiger partial charge in [-0.3, -0.25) is 4.79 Å². The predicted molar refractivity (Wildman–Crippen MR) is 49.4 cm³/mol. The SMILES string of the molecule is Cc1c(O)cc(C(=O)Cl)c(O)c1C. The highest BCUT2D eigenvalue weighted by Gasteiger charge is 2.15. The fraction of sp³-hybridized carbons (Fsp3) is 0.222. The van der Waals surface area contributed by atoms with E-state index in [9.17, 15) is 15.0 Å². The molecular weight excluding hydrogens is 192 g/mol. The first-order valence-corrected chi connectivity index (χ1v) is 4.05. The Morgan fingerprint density at radius 3 is 2.31 bits per heavy atom. The molecule has 70 valence electrons. The summed E-state index contributed by atoms with van der Waals surface area (Å²) in [6.45, 7) is 3.25. The maximum atomic E-state index is 10.8. The Labute approximate surface area is 80.6 Å². The highest BCUT2D eigenvalue weighted by molar-refractivity contribution is 6.68. The van der Waals surface area contributed by atoms with Crippen molar-refractivity contribution < 1.29 is 15.0 Å². The maximum Gasteiger partial charge on any atom is 0.256 e. The van der Waals surface area contributed by atoms with E-state index in [-0.39, 0.29) is 17.1 Å². The number of aromatic hydroxyl groups is 2. The van der Waals surface area contributed by atoms with Crippen LogP contribution in [0.25, 0.3) is 0 Å². The van der Waals surface area contributed by atoms with Crippen LogP contribution in [0.3, 0.4) is 0 Å². The number of phenols is 2. The standard InChI is InChI=1S/C9H9ClO3/c1-4-5(2)8(12)6(9(10)13)3-7(4)11/h3,11-12H,1-2H3. The van der Waals surface area contributed by atoms with Crippen molar-refractivity contribution in [1.82, 2.24) is 0 Å². The monoisotopic (exact) mass is 200 g/mol. The van der Waals surface area contributed by atoms with Crippen molar-refractivity contribution >= 4 is 16.8 Å². The summed E-state index contributed by atoms with van der Waals surface area (Å²) in [5.74, 6) is -0.213. The number of hydrogen-bond acceptors (Lipinski definition) is 3. The van der Waals surface area contributed by atoms with Crippen LogP contribution in [0, 0.1) is 13.8 Å². The molecule has 0 unspecified atom stereocenters. The molecule has 0 aliphatic carbocycles.